The van der Waals surface area contributed by atoms with Crippen molar-refractivity contribution in [3.8, 4) is 0 Å². The molecule has 0 aromatic rings. The molecule has 26 N–H and O–H groups in total. The summed E-state index contributed by atoms with van der Waals surface area (Å²) < 4.78 is 91.3. The zero-order valence-corrected chi connectivity index (χ0v) is 56.3. The van der Waals surface area contributed by atoms with Gasteiger partial charge in [-0.25, -0.2) is 0 Å². The quantitative estimate of drug-likeness (QED) is 0.0363. The molecule has 8 fully saturated rings. The second-order valence-electron chi connectivity index (χ2n) is 26.1. The highest BCUT2D eigenvalue weighted by Gasteiger charge is 2.61. The van der Waals surface area contributed by atoms with Crippen LogP contribution in [0.15, 0.2) is 0 Å². The Morgan fingerprint density at radius 2 is 0.510 bits per heavy atom. The number of ether oxygens (including phenoxy) is 15. The number of rotatable bonds is 27. The maximum Gasteiger partial charge on any atom is 0.217 e. The van der Waals surface area contributed by atoms with Crippen molar-refractivity contribution in [2.24, 2.45) is 0 Å². The van der Waals surface area contributed by atoms with Crippen molar-refractivity contribution in [2.75, 3.05) is 52.9 Å². The lowest BCUT2D eigenvalue weighted by Gasteiger charge is -2.52. The van der Waals surface area contributed by atoms with E-state index < -0.39 is 328 Å². The highest BCUT2D eigenvalue weighted by molar-refractivity contribution is 5.75. The van der Waals surface area contributed by atoms with E-state index in [0.717, 1.165) is 34.6 Å². The van der Waals surface area contributed by atoms with Crippen molar-refractivity contribution in [3.05, 3.63) is 0 Å². The van der Waals surface area contributed by atoms with E-state index in [1.807, 2.05) is 0 Å². The lowest BCUT2D eigenvalue weighted by atomic mass is 9.93. The van der Waals surface area contributed by atoms with E-state index in [9.17, 15) is 131 Å². The van der Waals surface area contributed by atoms with Crippen molar-refractivity contribution in [2.45, 2.75) is 280 Å². The molecule has 8 saturated heterocycles. The Hall–Kier alpha value is -4.09. The summed E-state index contributed by atoms with van der Waals surface area (Å²) in [6.45, 7) is -4.05. The Morgan fingerprint density at radius 1 is 0.250 bits per heavy atom. The van der Waals surface area contributed by atoms with Crippen LogP contribution in [0.1, 0.15) is 34.6 Å². The molecule has 8 aliphatic heterocycles. The second-order valence-corrected chi connectivity index (χ2v) is 26.1. The van der Waals surface area contributed by atoms with Crippen LogP contribution in [0, 0.1) is 0 Å². The summed E-state index contributed by atoms with van der Waals surface area (Å²) in [7, 11) is 0. The molecule has 46 nitrogen and oxygen atoms in total. The molecule has 8 rings (SSSR count). The Balaban J connectivity index is 1.27. The monoisotopic (exact) mass is 1520 g/mol. The van der Waals surface area contributed by atoms with Gasteiger partial charge in [0.15, 0.2) is 50.3 Å². The predicted molar refractivity (Wildman–Crippen MR) is 322 cm³/mol. The van der Waals surface area contributed by atoms with Crippen LogP contribution in [-0.4, -0.2) is 435 Å². The van der Waals surface area contributed by atoms with E-state index in [1.54, 1.807) is 0 Å². The van der Waals surface area contributed by atoms with Crippen LogP contribution in [-0.2, 0) is 95.0 Å². The van der Waals surface area contributed by atoms with Gasteiger partial charge in [-0.1, -0.05) is 0 Å². The van der Waals surface area contributed by atoms with Gasteiger partial charge in [0.05, 0.1) is 52.9 Å². The third-order valence-electron chi connectivity index (χ3n) is 18.7. The van der Waals surface area contributed by atoms with Crippen molar-refractivity contribution in [1.29, 1.82) is 0 Å². The molecular weight excluding hydrogens is 1420 g/mol. The Morgan fingerprint density at radius 3 is 0.885 bits per heavy atom. The van der Waals surface area contributed by atoms with Gasteiger partial charge in [0.1, 0.15) is 195 Å². The van der Waals surface area contributed by atoms with Gasteiger partial charge in [-0.15, -0.1) is 0 Å². The van der Waals surface area contributed by atoms with E-state index in [1.165, 1.54) is 0 Å². The van der Waals surface area contributed by atoms with Crippen molar-refractivity contribution < 1.29 is 202 Å². The lowest BCUT2D eigenvalue weighted by Crippen LogP contribution is -2.71. The molecule has 0 aromatic heterocycles. The molecule has 0 aliphatic carbocycles. The van der Waals surface area contributed by atoms with E-state index in [4.69, 9.17) is 71.1 Å². The van der Waals surface area contributed by atoms with Gasteiger partial charge in [0.25, 0.3) is 0 Å². The molecular formula is C58H97N5O41. The van der Waals surface area contributed by atoms with Crippen molar-refractivity contribution in [1.82, 2.24) is 26.6 Å². The molecule has 0 radical (unpaired) electrons. The van der Waals surface area contributed by atoms with Gasteiger partial charge in [-0.3, -0.25) is 24.0 Å². The molecule has 8 aliphatic rings. The van der Waals surface area contributed by atoms with E-state index in [-0.39, 0.29) is 0 Å². The molecule has 5 amide bonds. The summed E-state index contributed by atoms with van der Waals surface area (Å²) in [4.78, 5) is 63.3. The summed E-state index contributed by atoms with van der Waals surface area (Å²) in [5, 5.41) is 246. The first kappa shape index (κ1) is 85.5. The number of carbonyl (C=O) groups is 5. The number of nitrogens with one attached hydrogen (secondary N) is 5. The molecule has 8 heterocycles. The maximum atomic E-state index is 13.1. The average Bonchev–Trinajstić information content (AvgIpc) is 0.778. The fourth-order valence-electron chi connectivity index (χ4n) is 13.4. The predicted octanol–water partition coefficient (Wildman–Crippen LogP) is -17.7. The molecule has 40 atom stereocenters. The number of hydrogen-bond acceptors (Lipinski definition) is 41. The Kier molecular flexibility index (Phi) is 30.9. The third kappa shape index (κ3) is 19.2. The van der Waals surface area contributed by atoms with Crippen LogP contribution in [0.2, 0.25) is 0 Å². The largest absolute Gasteiger partial charge is 0.394 e. The minimum Gasteiger partial charge on any atom is -0.394 e. The third-order valence-corrected chi connectivity index (χ3v) is 18.7. The second kappa shape index (κ2) is 37.5. The summed E-state index contributed by atoms with van der Waals surface area (Å²) >= 11 is 0. The van der Waals surface area contributed by atoms with Crippen LogP contribution in [0.5, 0.6) is 0 Å². The van der Waals surface area contributed by atoms with Gasteiger partial charge < -0.3 is 205 Å². The summed E-state index contributed by atoms with van der Waals surface area (Å²) in [5.41, 5.74) is 0. The van der Waals surface area contributed by atoms with Gasteiger partial charge >= 0.3 is 0 Å². The van der Waals surface area contributed by atoms with E-state index in [0.29, 0.717) is 0 Å². The molecule has 0 unspecified atom stereocenters. The highest BCUT2D eigenvalue weighted by Crippen LogP contribution is 2.40. The van der Waals surface area contributed by atoms with Crippen LogP contribution in [0.25, 0.3) is 0 Å². The zero-order chi connectivity index (χ0) is 76.8. The molecule has 0 aromatic carbocycles. The minimum absolute atomic E-state index is 0.788. The van der Waals surface area contributed by atoms with Gasteiger partial charge in [0.2, 0.25) is 29.5 Å². The fourth-order valence-corrected chi connectivity index (χ4v) is 13.4. The number of carbonyl (C=O) groups excluding carboxylic acids is 5. The standard InChI is InChI=1S/C58H97N5O41/c1-14(71)59-27-40(84)45(24(11-69)91-51(27)89)99-55-31(63-18(5)75)41(85)46(25(12-70)97-55)100-56-44(88)48(102-58-50(43(87)36(80)23(10-68)96-58)104-54-30(62-17(4)74)39(83)34(78)21(8-66)94-54)47(101-52-28(60-15(2)72)37(81)32(76)19(6-64)92-52)26(98-56)13-90-57-49(42(86)35(79)22(9-67)95-57)103-53-29(61-16(3)73)38(82)33(77)20(7-65)93-53/h19-58,64-70,76-89H,6-13H2,1-5H3,(H,59,71)(H,60,72)(H,61,73)(H,62,74)(H,63,75)/t19-,20-,21-,22-,23-,24-,25-,26-,27-,28-,29-,30-,31-,32-,33-,34-,35-,36-,37-,38-,39-,40-,41-,42+,43+,44+,45-,46-,47-,48-,49+,50+,51+,52+,53+,54+,55+,56+,57+,58+/m1/s1. The first-order valence-corrected chi connectivity index (χ1v) is 33.1. The number of hydrogen-bond donors (Lipinski definition) is 26. The van der Waals surface area contributed by atoms with Crippen molar-refractivity contribution >= 4 is 29.5 Å². The summed E-state index contributed by atoms with van der Waals surface area (Å²) in [6.07, 6.45) is -73.7. The first-order chi connectivity index (χ1) is 49.2. The molecule has 104 heavy (non-hydrogen) atoms. The summed E-state index contributed by atoms with van der Waals surface area (Å²) in [5.74, 6) is -4.43. The van der Waals surface area contributed by atoms with Crippen molar-refractivity contribution in [3.63, 3.8) is 0 Å². The normalized spacial score (nSPS) is 47.2. The van der Waals surface area contributed by atoms with Gasteiger partial charge in [-0.2, -0.15) is 0 Å². The van der Waals surface area contributed by atoms with Gasteiger partial charge in [0, 0.05) is 34.6 Å². The smallest absolute Gasteiger partial charge is 0.217 e. The SMILES string of the molecule is CC(=O)N[C@@H]1[C@@H](O)[C@H](O[C@@H]2O[C@H](CO)[C@@H](O[C@@H]3O[C@H](CO[C@H]4O[C@H](CO)[C@@H](O)[C@H](O)[C@@H]4O[C@@H]4O[C@H](CO)[C@@H](O)[C@H](O)[C@H]4NC(C)=O)[C@@H](O[C@@H]4O[C@H](CO)[C@@H](O)[C@H](O)[C@H]4NC(C)=O)[C@H](O[C@@H]4O[C@H](CO)[C@@H](O)[C@H](O)[C@@H]4O[C@@H]4O[C@H](CO)[C@@H](O)[C@H](O)[C@H]4NC(C)=O)[C@@H]3O)[C@H](O)[C@H]2NC(C)=O)[C@@H](CO)O[C@@H]1O. The first-order valence-electron chi connectivity index (χ1n) is 33.1. The van der Waals surface area contributed by atoms with Crippen LogP contribution in [0.3, 0.4) is 0 Å². The number of aliphatic hydroxyl groups is 21. The zero-order valence-electron chi connectivity index (χ0n) is 56.3. The maximum absolute atomic E-state index is 13.1. The Bertz CT molecular complexity index is 2770. The average molecular weight is 1520 g/mol. The van der Waals surface area contributed by atoms with Crippen LogP contribution >= 0.6 is 0 Å². The minimum atomic E-state index is -2.65. The van der Waals surface area contributed by atoms with Crippen LogP contribution < -0.4 is 26.6 Å². The Labute approximate surface area is 589 Å². The molecule has 46 heteroatoms. The highest BCUT2D eigenvalue weighted by atomic mass is 16.8. The molecule has 0 bridgehead atoms. The topological polar surface area (TPSA) is 709 Å². The number of aliphatic hydroxyl groups excluding tert-OH is 21. The number of amides is 5. The van der Waals surface area contributed by atoms with E-state index >= 15 is 0 Å². The van der Waals surface area contributed by atoms with Crippen LogP contribution in [0.4, 0.5) is 0 Å². The van der Waals surface area contributed by atoms with E-state index in [2.05, 4.69) is 26.6 Å². The van der Waals surface area contributed by atoms with Gasteiger partial charge in [-0.05, 0) is 0 Å². The fraction of sp³-hybridized carbons (Fsp3) is 0.914. The molecule has 600 valence electrons. The molecule has 0 saturated carbocycles. The summed E-state index contributed by atoms with van der Waals surface area (Å²) in [6, 6.07) is -9.14. The molecule has 0 spiro atoms. The lowest BCUT2D eigenvalue weighted by molar-refractivity contribution is -0.407.